The highest BCUT2D eigenvalue weighted by atomic mass is 35.5. The van der Waals surface area contributed by atoms with Gasteiger partial charge in [-0.1, -0.05) is 25.7 Å². The van der Waals surface area contributed by atoms with Crippen LogP contribution in [0.4, 0.5) is 0 Å². The van der Waals surface area contributed by atoms with E-state index in [0.717, 1.165) is 38.5 Å². The first kappa shape index (κ1) is 20.5. The third kappa shape index (κ3) is 4.88. The number of carbonyl (C=O) groups excluding carboxylic acids is 2. The van der Waals surface area contributed by atoms with Crippen LogP contribution in [-0.4, -0.2) is 42.4 Å². The molecule has 3 aliphatic carbocycles. The summed E-state index contributed by atoms with van der Waals surface area (Å²) in [5.41, 5.74) is 6.30. The fourth-order valence-electron chi connectivity index (χ4n) is 5.11. The molecule has 3 fully saturated rings. The topological polar surface area (TPSA) is 75.4 Å². The first-order valence-electron chi connectivity index (χ1n) is 9.85. The van der Waals surface area contributed by atoms with Crippen LogP contribution in [-0.2, 0) is 9.59 Å². The van der Waals surface area contributed by atoms with Crippen LogP contribution < -0.4 is 11.1 Å². The summed E-state index contributed by atoms with van der Waals surface area (Å²) in [5.74, 6) is 1.14. The van der Waals surface area contributed by atoms with Crippen LogP contribution in [0.5, 0.6) is 0 Å². The zero-order valence-electron chi connectivity index (χ0n) is 15.4. The van der Waals surface area contributed by atoms with Crippen molar-refractivity contribution in [3.8, 4) is 0 Å². The molecule has 6 heteroatoms. The van der Waals surface area contributed by atoms with Crippen molar-refractivity contribution in [1.29, 1.82) is 0 Å². The smallest absolute Gasteiger partial charge is 0.241 e. The number of nitrogens with one attached hydrogen (secondary N) is 1. The largest absolute Gasteiger partial charge is 0.347 e. The van der Waals surface area contributed by atoms with E-state index in [1.807, 2.05) is 11.9 Å². The van der Waals surface area contributed by atoms with Gasteiger partial charge >= 0.3 is 0 Å². The lowest BCUT2D eigenvalue weighted by Gasteiger charge is -2.43. The first-order valence-corrected chi connectivity index (χ1v) is 9.85. The third-order valence-electron chi connectivity index (χ3n) is 6.71. The van der Waals surface area contributed by atoms with Gasteiger partial charge in [0.25, 0.3) is 0 Å². The Balaban J connectivity index is 0.00000225. The van der Waals surface area contributed by atoms with Gasteiger partial charge in [0.15, 0.2) is 0 Å². The molecule has 2 unspecified atom stereocenters. The molecule has 0 heterocycles. The Morgan fingerprint density at radius 2 is 1.60 bits per heavy atom. The summed E-state index contributed by atoms with van der Waals surface area (Å²) in [6, 6.07) is 0.636. The average molecular weight is 372 g/mol. The quantitative estimate of drug-likeness (QED) is 0.797. The monoisotopic (exact) mass is 371 g/mol. The number of amides is 2. The van der Waals surface area contributed by atoms with Crippen LogP contribution in [0.3, 0.4) is 0 Å². The predicted octanol–water partition coefficient (Wildman–Crippen LogP) is 2.47. The van der Waals surface area contributed by atoms with Crippen LogP contribution in [0.15, 0.2) is 0 Å². The fraction of sp³-hybridized carbons (Fsp3) is 0.895. The minimum atomic E-state index is 0. The van der Waals surface area contributed by atoms with Crippen molar-refractivity contribution in [1.82, 2.24) is 10.2 Å². The molecule has 0 aromatic rings. The second-order valence-corrected chi connectivity index (χ2v) is 8.21. The Morgan fingerprint density at radius 3 is 2.20 bits per heavy atom. The van der Waals surface area contributed by atoms with Gasteiger partial charge in [-0.2, -0.15) is 0 Å². The number of likely N-dealkylation sites (N-methyl/N-ethyl adjacent to an activating group) is 1. The first-order chi connectivity index (χ1) is 11.6. The van der Waals surface area contributed by atoms with Crippen molar-refractivity contribution in [2.24, 2.45) is 23.5 Å². The maximum absolute atomic E-state index is 12.5. The maximum Gasteiger partial charge on any atom is 0.241 e. The minimum Gasteiger partial charge on any atom is -0.347 e. The molecule has 3 N–H and O–H groups in total. The molecule has 5 nitrogen and oxygen atoms in total. The van der Waals surface area contributed by atoms with E-state index < -0.39 is 0 Å². The van der Waals surface area contributed by atoms with Gasteiger partial charge in [0, 0.05) is 25.0 Å². The maximum atomic E-state index is 12.5. The average Bonchev–Trinajstić information content (AvgIpc) is 2.59. The van der Waals surface area contributed by atoms with Gasteiger partial charge in [0.1, 0.15) is 0 Å². The predicted molar refractivity (Wildman–Crippen MR) is 101 cm³/mol. The van der Waals surface area contributed by atoms with Crippen molar-refractivity contribution in [2.75, 3.05) is 13.6 Å². The molecular weight excluding hydrogens is 338 g/mol. The summed E-state index contributed by atoms with van der Waals surface area (Å²) in [4.78, 5) is 26.7. The van der Waals surface area contributed by atoms with Crippen molar-refractivity contribution < 1.29 is 9.59 Å². The molecule has 0 spiro atoms. The summed E-state index contributed by atoms with van der Waals surface area (Å²) in [7, 11) is 1.88. The van der Waals surface area contributed by atoms with Crippen LogP contribution in [0.2, 0.25) is 0 Å². The van der Waals surface area contributed by atoms with Gasteiger partial charge in [0.2, 0.25) is 11.8 Å². The van der Waals surface area contributed by atoms with Crippen LogP contribution in [0.25, 0.3) is 0 Å². The normalized spacial score (nSPS) is 32.4. The van der Waals surface area contributed by atoms with Crippen molar-refractivity contribution in [2.45, 2.75) is 76.3 Å². The molecule has 144 valence electrons. The number of nitrogens with two attached hydrogens (primary N) is 1. The highest BCUT2D eigenvalue weighted by Crippen LogP contribution is 2.41. The Hall–Kier alpha value is -0.810. The third-order valence-corrected chi connectivity index (χ3v) is 6.71. The number of hydrogen-bond acceptors (Lipinski definition) is 3. The van der Waals surface area contributed by atoms with Crippen molar-refractivity contribution >= 4 is 24.2 Å². The van der Waals surface area contributed by atoms with Crippen molar-refractivity contribution in [3.05, 3.63) is 0 Å². The zero-order valence-corrected chi connectivity index (χ0v) is 16.2. The highest BCUT2D eigenvalue weighted by molar-refractivity contribution is 5.86. The molecule has 0 aliphatic heterocycles. The highest BCUT2D eigenvalue weighted by Gasteiger charge is 2.40. The van der Waals surface area contributed by atoms with Gasteiger partial charge in [-0.15, -0.1) is 12.4 Å². The lowest BCUT2D eigenvalue weighted by Crippen LogP contribution is -2.50. The van der Waals surface area contributed by atoms with Gasteiger partial charge < -0.3 is 16.0 Å². The molecule has 25 heavy (non-hydrogen) atoms. The number of halogens is 1. The van der Waals surface area contributed by atoms with Crippen LogP contribution >= 0.6 is 12.4 Å². The molecule has 2 amide bonds. The van der Waals surface area contributed by atoms with Crippen molar-refractivity contribution in [3.63, 3.8) is 0 Å². The summed E-state index contributed by atoms with van der Waals surface area (Å²) >= 11 is 0. The molecule has 2 atom stereocenters. The molecule has 0 aromatic heterocycles. The van der Waals surface area contributed by atoms with E-state index in [2.05, 4.69) is 5.32 Å². The SMILES string of the molecule is CN(C(=O)CNC(=O)C1CC2CCCC(C1)C2N)C1CCCCC1.Cl. The molecule has 0 saturated heterocycles. The molecule has 3 saturated carbocycles. The Morgan fingerprint density at radius 1 is 1.00 bits per heavy atom. The van der Waals surface area contributed by atoms with Crippen LogP contribution in [0, 0.1) is 17.8 Å². The minimum absolute atomic E-state index is 0. The fourth-order valence-corrected chi connectivity index (χ4v) is 5.11. The van der Waals surface area contributed by atoms with E-state index in [1.165, 1.54) is 25.7 Å². The van der Waals surface area contributed by atoms with E-state index in [9.17, 15) is 9.59 Å². The van der Waals surface area contributed by atoms with Crippen LogP contribution in [0.1, 0.15) is 64.2 Å². The standard InChI is InChI=1S/C19H33N3O2.ClH/c1-22(16-8-3-2-4-9-16)17(23)12-21-19(24)15-10-13-6-5-7-14(11-15)18(13)20;/h13-16,18H,2-12,20H2,1H3,(H,21,24);1H. The summed E-state index contributed by atoms with van der Waals surface area (Å²) in [6.07, 6.45) is 11.3. The van der Waals surface area contributed by atoms with Gasteiger partial charge in [-0.25, -0.2) is 0 Å². The number of fused-ring (bicyclic) bond motifs is 2. The summed E-state index contributed by atoms with van der Waals surface area (Å²) in [6.45, 7) is 0.143. The molecule has 3 aliphatic rings. The van der Waals surface area contributed by atoms with E-state index >= 15 is 0 Å². The molecule has 2 bridgehead atoms. The van der Waals surface area contributed by atoms with E-state index in [-0.39, 0.29) is 42.7 Å². The number of nitrogens with zero attached hydrogens (tertiary/aromatic N) is 1. The second kappa shape index (κ2) is 9.22. The molecule has 0 radical (unpaired) electrons. The Bertz CT molecular complexity index is 454. The van der Waals surface area contributed by atoms with E-state index in [0.29, 0.717) is 17.9 Å². The lowest BCUT2D eigenvalue weighted by molar-refractivity contribution is -0.135. The van der Waals surface area contributed by atoms with E-state index in [4.69, 9.17) is 5.73 Å². The summed E-state index contributed by atoms with van der Waals surface area (Å²) in [5, 5.41) is 2.91. The number of carbonyl (C=O) groups is 2. The van der Waals surface area contributed by atoms with Gasteiger partial charge in [-0.05, 0) is 50.4 Å². The Labute approximate surface area is 157 Å². The molecule has 3 rings (SSSR count). The molecule has 0 aromatic carbocycles. The Kier molecular flexibility index (Phi) is 7.56. The van der Waals surface area contributed by atoms with Gasteiger partial charge in [-0.3, -0.25) is 9.59 Å². The van der Waals surface area contributed by atoms with E-state index in [1.54, 1.807) is 0 Å². The zero-order chi connectivity index (χ0) is 17.1. The molecular formula is C19H34ClN3O2. The lowest BCUT2D eigenvalue weighted by atomic mass is 9.65. The number of hydrogen-bond donors (Lipinski definition) is 2. The number of rotatable bonds is 4. The van der Waals surface area contributed by atoms with Gasteiger partial charge in [0.05, 0.1) is 6.54 Å². The second-order valence-electron chi connectivity index (χ2n) is 8.21. The summed E-state index contributed by atoms with van der Waals surface area (Å²) < 4.78 is 0.